The van der Waals surface area contributed by atoms with Crippen LogP contribution in [0.2, 0.25) is 10.0 Å². The third-order valence-electron chi connectivity index (χ3n) is 8.47. The second-order valence-electron chi connectivity index (χ2n) is 12.0. The Morgan fingerprint density at radius 3 is 2.15 bits per heavy atom. The van der Waals surface area contributed by atoms with Gasteiger partial charge >= 0.3 is 0 Å². The molecule has 0 spiro atoms. The van der Waals surface area contributed by atoms with Crippen LogP contribution in [0.4, 0.5) is 5.69 Å². The van der Waals surface area contributed by atoms with Gasteiger partial charge in [-0.2, -0.15) is 0 Å². The number of rotatable bonds is 12. The molecule has 0 bridgehead atoms. The molecule has 1 saturated carbocycles. The second-order valence-corrected chi connectivity index (χ2v) is 14.7. The highest BCUT2D eigenvalue weighted by molar-refractivity contribution is 7.92. The van der Waals surface area contributed by atoms with Crippen molar-refractivity contribution in [3.05, 3.63) is 130 Å². The van der Waals surface area contributed by atoms with E-state index in [1.807, 2.05) is 37.3 Å². The lowest BCUT2D eigenvalue weighted by molar-refractivity contribution is -0.140. The molecule has 1 fully saturated rings. The van der Waals surface area contributed by atoms with Crippen LogP contribution in [-0.2, 0) is 32.6 Å². The molecule has 4 aromatic rings. The highest BCUT2D eigenvalue weighted by atomic mass is 35.5. The standard InChI is InChI=1S/C37H39Cl2N3O4S/c1-27-15-21-34(22-16-27)47(45,46)42(33-14-8-11-31(39)24-33)26-36(43)41(25-29-17-19-30(38)20-18-29)35(23-28-9-4-2-5-10-28)37(44)40-32-12-6-3-7-13-32/h2,4-5,8-11,14-22,24,32,35H,3,6-7,12-13,23,25-26H2,1H3,(H,40,44)/t35-/m0/s1. The maximum Gasteiger partial charge on any atom is 0.264 e. The van der Waals surface area contributed by atoms with Crippen molar-refractivity contribution in [1.82, 2.24) is 10.2 Å². The van der Waals surface area contributed by atoms with E-state index in [0.29, 0.717) is 10.0 Å². The first-order chi connectivity index (χ1) is 22.6. The van der Waals surface area contributed by atoms with Crippen LogP contribution < -0.4 is 9.62 Å². The average Bonchev–Trinajstić information content (AvgIpc) is 3.07. The fraction of sp³-hybridized carbons (Fsp3) is 0.297. The number of hydrogen-bond acceptors (Lipinski definition) is 4. The van der Waals surface area contributed by atoms with Crippen molar-refractivity contribution < 1.29 is 18.0 Å². The van der Waals surface area contributed by atoms with Crippen molar-refractivity contribution in [3.63, 3.8) is 0 Å². The van der Waals surface area contributed by atoms with E-state index in [1.54, 1.807) is 54.6 Å². The average molecular weight is 693 g/mol. The Morgan fingerprint density at radius 2 is 1.49 bits per heavy atom. The van der Waals surface area contributed by atoms with Gasteiger partial charge in [-0.3, -0.25) is 13.9 Å². The molecule has 7 nitrogen and oxygen atoms in total. The van der Waals surface area contributed by atoms with Gasteiger partial charge in [0.15, 0.2) is 0 Å². The van der Waals surface area contributed by atoms with Crippen molar-refractivity contribution in [1.29, 1.82) is 0 Å². The van der Waals surface area contributed by atoms with Crippen LogP contribution in [0.5, 0.6) is 0 Å². The Bertz CT molecular complexity index is 1760. The predicted octanol–water partition coefficient (Wildman–Crippen LogP) is 7.59. The van der Waals surface area contributed by atoms with Gasteiger partial charge in [-0.15, -0.1) is 0 Å². The SMILES string of the molecule is Cc1ccc(S(=O)(=O)N(CC(=O)N(Cc2ccc(Cl)cc2)[C@@H](Cc2ccccc2)C(=O)NC2CCCCC2)c2cccc(Cl)c2)cc1. The molecule has 1 aliphatic rings. The zero-order valence-electron chi connectivity index (χ0n) is 26.3. The van der Waals surface area contributed by atoms with E-state index in [-0.39, 0.29) is 35.5 Å². The van der Waals surface area contributed by atoms with Crippen molar-refractivity contribution in [2.75, 3.05) is 10.8 Å². The fourth-order valence-electron chi connectivity index (χ4n) is 5.88. The summed E-state index contributed by atoms with van der Waals surface area (Å²) in [6.07, 6.45) is 5.22. The number of benzene rings is 4. The second kappa shape index (κ2) is 15.8. The number of carbonyl (C=O) groups is 2. The molecule has 1 aliphatic carbocycles. The summed E-state index contributed by atoms with van der Waals surface area (Å²) in [6.45, 7) is 1.39. The van der Waals surface area contributed by atoms with Gasteiger partial charge in [0.25, 0.3) is 10.0 Å². The maximum atomic E-state index is 14.6. The summed E-state index contributed by atoms with van der Waals surface area (Å²) in [5.74, 6) is -0.797. The van der Waals surface area contributed by atoms with Gasteiger partial charge in [0.2, 0.25) is 11.8 Å². The van der Waals surface area contributed by atoms with E-state index in [4.69, 9.17) is 23.2 Å². The first kappa shape index (κ1) is 34.5. The zero-order valence-corrected chi connectivity index (χ0v) is 28.6. The number of halogens is 2. The van der Waals surface area contributed by atoms with Crippen LogP contribution in [0.1, 0.15) is 48.8 Å². The third kappa shape index (κ3) is 9.15. The van der Waals surface area contributed by atoms with Gasteiger partial charge in [0, 0.05) is 29.1 Å². The minimum Gasteiger partial charge on any atom is -0.352 e. The zero-order chi connectivity index (χ0) is 33.4. The monoisotopic (exact) mass is 691 g/mol. The Balaban J connectivity index is 1.56. The summed E-state index contributed by atoms with van der Waals surface area (Å²) in [6, 6.07) is 28.6. The highest BCUT2D eigenvalue weighted by Crippen LogP contribution is 2.28. The summed E-state index contributed by atoms with van der Waals surface area (Å²) in [5.41, 5.74) is 2.77. The molecule has 2 amide bonds. The molecule has 10 heteroatoms. The minimum atomic E-state index is -4.21. The van der Waals surface area contributed by atoms with Crippen molar-refractivity contribution in [2.45, 2.75) is 69.0 Å². The maximum absolute atomic E-state index is 14.6. The summed E-state index contributed by atoms with van der Waals surface area (Å²) in [7, 11) is -4.21. The van der Waals surface area contributed by atoms with E-state index in [2.05, 4.69) is 5.32 Å². The number of carbonyl (C=O) groups excluding carboxylic acids is 2. The van der Waals surface area contributed by atoms with Crippen LogP contribution in [0, 0.1) is 6.92 Å². The highest BCUT2D eigenvalue weighted by Gasteiger charge is 2.35. The topological polar surface area (TPSA) is 86.8 Å². The van der Waals surface area contributed by atoms with Gasteiger partial charge in [-0.05, 0) is 73.4 Å². The lowest BCUT2D eigenvalue weighted by Gasteiger charge is -2.35. The Labute approximate surface area is 287 Å². The van der Waals surface area contributed by atoms with E-state index < -0.39 is 28.5 Å². The summed E-state index contributed by atoms with van der Waals surface area (Å²) in [4.78, 5) is 30.3. The lowest BCUT2D eigenvalue weighted by atomic mass is 9.94. The van der Waals surface area contributed by atoms with Crippen molar-refractivity contribution in [3.8, 4) is 0 Å². The minimum absolute atomic E-state index is 0.0203. The van der Waals surface area contributed by atoms with Crippen LogP contribution >= 0.6 is 23.2 Å². The van der Waals surface area contributed by atoms with Crippen LogP contribution in [0.15, 0.2) is 108 Å². The molecule has 47 heavy (non-hydrogen) atoms. The van der Waals surface area contributed by atoms with Gasteiger partial charge in [0.1, 0.15) is 12.6 Å². The third-order valence-corrected chi connectivity index (χ3v) is 10.7. The van der Waals surface area contributed by atoms with Crippen LogP contribution in [0.3, 0.4) is 0 Å². The molecule has 5 rings (SSSR count). The van der Waals surface area contributed by atoms with E-state index in [9.17, 15) is 18.0 Å². The van der Waals surface area contributed by atoms with Gasteiger partial charge in [-0.1, -0.05) is 109 Å². The number of hydrogen-bond donors (Lipinski definition) is 1. The summed E-state index contributed by atoms with van der Waals surface area (Å²) < 4.78 is 29.4. The predicted molar refractivity (Wildman–Crippen MR) is 188 cm³/mol. The molecular weight excluding hydrogens is 653 g/mol. The number of nitrogens with zero attached hydrogens (tertiary/aromatic N) is 2. The molecule has 0 saturated heterocycles. The van der Waals surface area contributed by atoms with E-state index in [0.717, 1.165) is 53.1 Å². The van der Waals surface area contributed by atoms with Crippen LogP contribution in [0.25, 0.3) is 0 Å². The molecule has 0 radical (unpaired) electrons. The Morgan fingerprint density at radius 1 is 0.809 bits per heavy atom. The Kier molecular flexibility index (Phi) is 11.6. The number of anilines is 1. The van der Waals surface area contributed by atoms with Gasteiger partial charge < -0.3 is 10.2 Å². The summed E-state index contributed by atoms with van der Waals surface area (Å²) in [5, 5.41) is 4.09. The first-order valence-electron chi connectivity index (χ1n) is 15.8. The molecule has 1 atom stereocenters. The molecule has 1 N–H and O–H groups in total. The smallest absolute Gasteiger partial charge is 0.264 e. The van der Waals surface area contributed by atoms with E-state index >= 15 is 0 Å². The quantitative estimate of drug-likeness (QED) is 0.166. The largest absolute Gasteiger partial charge is 0.352 e. The number of sulfonamides is 1. The lowest BCUT2D eigenvalue weighted by Crippen LogP contribution is -2.55. The summed E-state index contributed by atoms with van der Waals surface area (Å²) >= 11 is 12.5. The molecular formula is C37H39Cl2N3O4S. The number of nitrogens with one attached hydrogen (secondary N) is 1. The van der Waals surface area contributed by atoms with Crippen LogP contribution in [-0.4, -0.2) is 43.8 Å². The Hall–Kier alpha value is -3.85. The van der Waals surface area contributed by atoms with Gasteiger partial charge in [-0.25, -0.2) is 8.42 Å². The normalized spacial score (nSPS) is 14.3. The van der Waals surface area contributed by atoms with Gasteiger partial charge in [0.05, 0.1) is 10.6 Å². The van der Waals surface area contributed by atoms with Crippen molar-refractivity contribution >= 4 is 50.7 Å². The van der Waals surface area contributed by atoms with Crippen molar-refractivity contribution in [2.24, 2.45) is 0 Å². The first-order valence-corrected chi connectivity index (χ1v) is 18.0. The van der Waals surface area contributed by atoms with E-state index in [1.165, 1.54) is 23.1 Å². The molecule has 0 unspecified atom stereocenters. The number of amides is 2. The molecule has 0 aliphatic heterocycles. The molecule has 0 heterocycles. The molecule has 246 valence electrons. The molecule has 4 aromatic carbocycles. The fourth-order valence-corrected chi connectivity index (χ4v) is 7.60. The molecule has 0 aromatic heterocycles. The number of aryl methyl sites for hydroxylation is 1.